The van der Waals surface area contributed by atoms with E-state index in [1.165, 1.54) is 31.4 Å². The zero-order valence-electron chi connectivity index (χ0n) is 6.89. The highest BCUT2D eigenvalue weighted by Crippen LogP contribution is 2.08. The molecule has 0 radical (unpaired) electrons. The van der Waals surface area contributed by atoms with Gasteiger partial charge in [0.15, 0.2) is 11.1 Å². The monoisotopic (exact) mass is 200 g/mol. The minimum absolute atomic E-state index is 0.183. The summed E-state index contributed by atoms with van der Waals surface area (Å²) in [5.41, 5.74) is 0.266. The van der Waals surface area contributed by atoms with E-state index < -0.39 is 17.0 Å². The molecule has 1 unspecified atom stereocenters. The third-order valence-electron chi connectivity index (χ3n) is 1.46. The van der Waals surface area contributed by atoms with E-state index in [4.69, 9.17) is 4.55 Å². The van der Waals surface area contributed by atoms with Crippen LogP contribution in [0.15, 0.2) is 29.2 Å². The van der Waals surface area contributed by atoms with E-state index in [1.54, 1.807) is 0 Å². The molecule has 70 valence electrons. The summed E-state index contributed by atoms with van der Waals surface area (Å²) in [4.78, 5) is 11.2. The Morgan fingerprint density at radius 2 is 2.23 bits per heavy atom. The number of methoxy groups -OCH3 is 1. The maximum atomic E-state index is 11.0. The molecule has 0 saturated carbocycles. The number of esters is 1. The zero-order valence-corrected chi connectivity index (χ0v) is 7.71. The highest BCUT2D eigenvalue weighted by atomic mass is 32.2. The van der Waals surface area contributed by atoms with Crippen molar-refractivity contribution < 1.29 is 18.3 Å². The smallest absolute Gasteiger partial charge is 0.337 e. The first kappa shape index (κ1) is 9.88. The van der Waals surface area contributed by atoms with E-state index in [0.717, 1.165) is 0 Å². The molecular weight excluding hydrogens is 192 g/mol. The van der Waals surface area contributed by atoms with Crippen molar-refractivity contribution >= 4 is 17.0 Å². The molecule has 0 aliphatic carbocycles. The van der Waals surface area contributed by atoms with Crippen LogP contribution in [-0.4, -0.2) is 21.8 Å². The first-order valence-corrected chi connectivity index (χ1v) is 4.55. The Morgan fingerprint density at radius 1 is 1.54 bits per heavy atom. The van der Waals surface area contributed by atoms with Crippen LogP contribution in [0.3, 0.4) is 0 Å². The Hall–Kier alpha value is -1.20. The lowest BCUT2D eigenvalue weighted by Gasteiger charge is -1.99. The fourth-order valence-electron chi connectivity index (χ4n) is 0.850. The number of rotatable bonds is 2. The molecule has 0 amide bonds. The molecule has 0 aromatic heterocycles. The second-order valence-corrected chi connectivity index (χ2v) is 3.24. The molecule has 0 spiro atoms. The van der Waals surface area contributed by atoms with Crippen LogP contribution < -0.4 is 0 Å². The van der Waals surface area contributed by atoms with Crippen molar-refractivity contribution in [2.45, 2.75) is 4.90 Å². The van der Waals surface area contributed by atoms with Crippen molar-refractivity contribution in [3.63, 3.8) is 0 Å². The molecular formula is C8H8O4S. The first-order chi connectivity index (χ1) is 6.15. The van der Waals surface area contributed by atoms with Gasteiger partial charge in [0.2, 0.25) is 0 Å². The van der Waals surface area contributed by atoms with Crippen LogP contribution >= 0.6 is 0 Å². The fourth-order valence-corrected chi connectivity index (χ4v) is 1.27. The molecule has 1 N–H and O–H groups in total. The van der Waals surface area contributed by atoms with E-state index >= 15 is 0 Å². The first-order valence-electron chi connectivity index (χ1n) is 3.44. The maximum absolute atomic E-state index is 11.0. The van der Waals surface area contributed by atoms with Crippen molar-refractivity contribution in [1.29, 1.82) is 0 Å². The lowest BCUT2D eigenvalue weighted by Crippen LogP contribution is -2.01. The summed E-state index contributed by atoms with van der Waals surface area (Å²) in [7, 11) is 1.25. The molecule has 5 heteroatoms. The van der Waals surface area contributed by atoms with E-state index in [9.17, 15) is 9.00 Å². The van der Waals surface area contributed by atoms with Crippen LogP contribution in [-0.2, 0) is 15.8 Å². The zero-order chi connectivity index (χ0) is 9.84. The topological polar surface area (TPSA) is 63.6 Å². The van der Waals surface area contributed by atoms with Crippen molar-refractivity contribution in [1.82, 2.24) is 0 Å². The van der Waals surface area contributed by atoms with Crippen LogP contribution in [0.25, 0.3) is 0 Å². The third-order valence-corrected chi connectivity index (χ3v) is 2.11. The summed E-state index contributed by atoms with van der Waals surface area (Å²) in [6.07, 6.45) is 0. The van der Waals surface area contributed by atoms with Gasteiger partial charge < -0.3 is 9.29 Å². The van der Waals surface area contributed by atoms with Gasteiger partial charge in [0.25, 0.3) is 0 Å². The largest absolute Gasteiger partial charge is 0.465 e. The molecule has 1 aromatic carbocycles. The average molecular weight is 200 g/mol. The van der Waals surface area contributed by atoms with Gasteiger partial charge in [-0.3, -0.25) is 0 Å². The minimum Gasteiger partial charge on any atom is -0.465 e. The van der Waals surface area contributed by atoms with Gasteiger partial charge in [-0.05, 0) is 18.2 Å². The molecule has 0 fully saturated rings. The van der Waals surface area contributed by atoms with Gasteiger partial charge in [0, 0.05) is 0 Å². The van der Waals surface area contributed by atoms with Crippen LogP contribution in [0.2, 0.25) is 0 Å². The molecule has 0 bridgehead atoms. The molecule has 4 nitrogen and oxygen atoms in total. The van der Waals surface area contributed by atoms with Crippen molar-refractivity contribution in [2.24, 2.45) is 0 Å². The van der Waals surface area contributed by atoms with E-state index in [-0.39, 0.29) is 10.5 Å². The SMILES string of the molecule is COC(=O)c1cccc(S(=O)O)c1. The second-order valence-electron chi connectivity index (χ2n) is 2.27. The van der Waals surface area contributed by atoms with Gasteiger partial charge in [0.05, 0.1) is 17.6 Å². The number of carbonyl (C=O) groups is 1. The summed E-state index contributed by atoms with van der Waals surface area (Å²) < 4.78 is 23.8. The number of hydrogen-bond donors (Lipinski definition) is 1. The van der Waals surface area contributed by atoms with E-state index in [2.05, 4.69) is 4.74 Å². The van der Waals surface area contributed by atoms with Crippen LogP contribution in [0.4, 0.5) is 0 Å². The Labute approximate surface area is 77.8 Å². The Morgan fingerprint density at radius 3 is 2.77 bits per heavy atom. The number of benzene rings is 1. The molecule has 0 saturated heterocycles. The quantitative estimate of drug-likeness (QED) is 0.572. The number of hydrogen-bond acceptors (Lipinski definition) is 3. The van der Waals surface area contributed by atoms with Crippen molar-refractivity contribution in [3.05, 3.63) is 29.8 Å². The van der Waals surface area contributed by atoms with Gasteiger partial charge >= 0.3 is 5.97 Å². The molecule has 0 aliphatic heterocycles. The lowest BCUT2D eigenvalue weighted by atomic mass is 10.2. The number of carbonyl (C=O) groups excluding carboxylic acids is 1. The lowest BCUT2D eigenvalue weighted by molar-refractivity contribution is 0.0600. The summed E-state index contributed by atoms with van der Waals surface area (Å²) in [6, 6.07) is 5.82. The van der Waals surface area contributed by atoms with Crippen molar-refractivity contribution in [3.8, 4) is 0 Å². The fraction of sp³-hybridized carbons (Fsp3) is 0.125. The van der Waals surface area contributed by atoms with Gasteiger partial charge in [-0.25, -0.2) is 9.00 Å². The molecule has 0 aliphatic rings. The van der Waals surface area contributed by atoms with Gasteiger partial charge in [-0.15, -0.1) is 0 Å². The minimum atomic E-state index is -2.07. The van der Waals surface area contributed by atoms with Crippen LogP contribution in [0.5, 0.6) is 0 Å². The highest BCUT2D eigenvalue weighted by molar-refractivity contribution is 7.79. The molecule has 0 heterocycles. The Balaban J connectivity index is 3.05. The summed E-state index contributed by atoms with van der Waals surface area (Å²) in [5.74, 6) is -0.521. The van der Waals surface area contributed by atoms with Gasteiger partial charge in [-0.1, -0.05) is 6.07 Å². The van der Waals surface area contributed by atoms with Gasteiger partial charge in [0.1, 0.15) is 0 Å². The highest BCUT2D eigenvalue weighted by Gasteiger charge is 2.07. The predicted molar refractivity (Wildman–Crippen MR) is 46.8 cm³/mol. The van der Waals surface area contributed by atoms with Crippen LogP contribution in [0.1, 0.15) is 10.4 Å². The molecule has 1 aromatic rings. The Bertz CT molecular complexity index is 348. The van der Waals surface area contributed by atoms with Crippen molar-refractivity contribution in [2.75, 3.05) is 7.11 Å². The molecule has 1 atom stereocenters. The van der Waals surface area contributed by atoms with E-state index in [0.29, 0.717) is 0 Å². The normalized spacial score (nSPS) is 12.2. The summed E-state index contributed by atoms with van der Waals surface area (Å²) in [6.45, 7) is 0. The maximum Gasteiger partial charge on any atom is 0.337 e. The second kappa shape index (κ2) is 4.15. The van der Waals surface area contributed by atoms with Gasteiger partial charge in [-0.2, -0.15) is 0 Å². The average Bonchev–Trinajstić information content (AvgIpc) is 2.17. The summed E-state index contributed by atoms with van der Waals surface area (Å²) >= 11 is -2.07. The number of ether oxygens (including phenoxy) is 1. The molecule has 13 heavy (non-hydrogen) atoms. The third kappa shape index (κ3) is 2.37. The summed E-state index contributed by atoms with van der Waals surface area (Å²) in [5, 5.41) is 0. The van der Waals surface area contributed by atoms with E-state index in [1.807, 2.05) is 0 Å². The van der Waals surface area contributed by atoms with Crippen LogP contribution in [0, 0.1) is 0 Å². The Kier molecular flexibility index (Phi) is 3.16. The standard InChI is InChI=1S/C8H8O4S/c1-12-8(9)6-3-2-4-7(5-6)13(10)11/h2-5H,1H3,(H,10,11). The predicted octanol–water partition coefficient (Wildman–Crippen LogP) is 1.05. The molecule has 1 rings (SSSR count).